The molecule has 2 aliphatic heterocycles. The predicted octanol–water partition coefficient (Wildman–Crippen LogP) is 10.7. The summed E-state index contributed by atoms with van der Waals surface area (Å²) in [7, 11) is 0. The van der Waals surface area contributed by atoms with Crippen LogP contribution in [0, 0.1) is 0 Å². The van der Waals surface area contributed by atoms with Crippen molar-refractivity contribution in [1.29, 1.82) is 0 Å². The molecule has 9 aromatic carbocycles. The summed E-state index contributed by atoms with van der Waals surface area (Å²) in [6, 6.07) is 65.7. The maximum atomic E-state index is 2.56. The summed E-state index contributed by atoms with van der Waals surface area (Å²) in [6.07, 6.45) is 0. The molecular formula is C50H29BN2. The number of fused-ring (bicyclic) bond motifs is 12. The van der Waals surface area contributed by atoms with Crippen molar-refractivity contribution in [2.24, 2.45) is 0 Å². The summed E-state index contributed by atoms with van der Waals surface area (Å²) in [5.74, 6) is 0. The fourth-order valence-electron chi connectivity index (χ4n) is 10.3. The van der Waals surface area contributed by atoms with E-state index < -0.39 is 0 Å². The van der Waals surface area contributed by atoms with Crippen LogP contribution in [0.5, 0.6) is 0 Å². The third kappa shape index (κ3) is 3.41. The maximum Gasteiger partial charge on any atom is 0.244 e. The lowest BCUT2D eigenvalue weighted by Gasteiger charge is -2.34. The zero-order chi connectivity index (χ0) is 34.4. The monoisotopic (exact) mass is 668 g/mol. The second-order valence-electron chi connectivity index (χ2n) is 14.8. The van der Waals surface area contributed by atoms with Crippen LogP contribution in [-0.2, 0) is 0 Å². The second-order valence-corrected chi connectivity index (χ2v) is 14.8. The van der Waals surface area contributed by atoms with Gasteiger partial charge in [-0.05, 0) is 69.4 Å². The average Bonchev–Trinajstić information content (AvgIpc) is 3.74. The van der Waals surface area contributed by atoms with E-state index in [0.29, 0.717) is 0 Å². The lowest BCUT2D eigenvalue weighted by atomic mass is 9.31. The highest BCUT2D eigenvalue weighted by Crippen LogP contribution is 2.45. The van der Waals surface area contributed by atoms with E-state index >= 15 is 0 Å². The molecule has 242 valence electrons. The third-order valence-corrected chi connectivity index (χ3v) is 12.3. The van der Waals surface area contributed by atoms with E-state index in [9.17, 15) is 0 Å². The van der Waals surface area contributed by atoms with Crippen LogP contribution in [0.4, 0.5) is 0 Å². The molecule has 13 rings (SSSR count). The van der Waals surface area contributed by atoms with E-state index in [1.54, 1.807) is 0 Å². The highest BCUT2D eigenvalue weighted by atomic mass is 15.0. The number of para-hydroxylation sites is 4. The first kappa shape index (κ1) is 27.8. The third-order valence-electron chi connectivity index (χ3n) is 12.3. The fraction of sp³-hybridized carbons (Fsp3) is 0. The highest BCUT2D eigenvalue weighted by Gasteiger charge is 2.40. The first-order valence-corrected chi connectivity index (χ1v) is 18.6. The molecule has 11 aromatic rings. The molecule has 4 heterocycles. The van der Waals surface area contributed by atoms with Gasteiger partial charge in [0.15, 0.2) is 0 Å². The van der Waals surface area contributed by atoms with E-state index in [1.165, 1.54) is 115 Å². The van der Waals surface area contributed by atoms with Gasteiger partial charge in [0.05, 0.1) is 22.1 Å². The van der Waals surface area contributed by atoms with Gasteiger partial charge in [-0.3, -0.25) is 0 Å². The normalized spacial score (nSPS) is 12.9. The molecule has 0 unspecified atom stereocenters. The van der Waals surface area contributed by atoms with Crippen molar-refractivity contribution in [1.82, 2.24) is 9.13 Å². The minimum absolute atomic E-state index is 0.0856. The van der Waals surface area contributed by atoms with Crippen LogP contribution in [0.2, 0.25) is 0 Å². The van der Waals surface area contributed by atoms with Gasteiger partial charge in [-0.15, -0.1) is 0 Å². The van der Waals surface area contributed by atoms with Crippen LogP contribution in [0.1, 0.15) is 0 Å². The summed E-state index contributed by atoms with van der Waals surface area (Å²) in [4.78, 5) is 0. The van der Waals surface area contributed by atoms with Gasteiger partial charge in [0.2, 0.25) is 6.71 Å². The average molecular weight is 669 g/mol. The summed E-state index contributed by atoms with van der Waals surface area (Å²) in [5.41, 5.74) is 17.0. The smallest absolute Gasteiger partial charge is 0.244 e. The Bertz CT molecular complexity index is 3160. The summed E-state index contributed by atoms with van der Waals surface area (Å²) in [6.45, 7) is 0.0856. The molecule has 53 heavy (non-hydrogen) atoms. The molecule has 0 bridgehead atoms. The number of hydrogen-bond donors (Lipinski definition) is 0. The van der Waals surface area contributed by atoms with Crippen molar-refractivity contribution in [3.63, 3.8) is 0 Å². The molecule has 0 amide bonds. The Kier molecular flexibility index (Phi) is 5.22. The Hall–Kier alpha value is -6.84. The molecule has 0 fully saturated rings. The summed E-state index contributed by atoms with van der Waals surface area (Å²) in [5, 5.41) is 10.5. The first-order chi connectivity index (χ1) is 26.3. The number of benzene rings is 9. The molecule has 2 aromatic heterocycles. The maximum absolute atomic E-state index is 2.56. The molecular weight excluding hydrogens is 639 g/mol. The van der Waals surface area contributed by atoms with Gasteiger partial charge >= 0.3 is 0 Å². The Morgan fingerprint density at radius 1 is 0.321 bits per heavy atom. The van der Waals surface area contributed by atoms with Crippen LogP contribution < -0.4 is 16.4 Å². The molecule has 2 aliphatic rings. The number of hydrogen-bond acceptors (Lipinski definition) is 0. The van der Waals surface area contributed by atoms with Gasteiger partial charge in [-0.2, -0.15) is 0 Å². The van der Waals surface area contributed by atoms with Crippen molar-refractivity contribution in [3.8, 4) is 33.6 Å². The zero-order valence-corrected chi connectivity index (χ0v) is 28.7. The van der Waals surface area contributed by atoms with Gasteiger partial charge in [-0.1, -0.05) is 156 Å². The van der Waals surface area contributed by atoms with E-state index in [2.05, 4.69) is 185 Å². The van der Waals surface area contributed by atoms with Crippen LogP contribution in [0.25, 0.3) is 98.8 Å². The van der Waals surface area contributed by atoms with Gasteiger partial charge in [0, 0.05) is 43.7 Å². The van der Waals surface area contributed by atoms with Crippen LogP contribution in [-0.4, -0.2) is 15.8 Å². The second kappa shape index (κ2) is 9.94. The van der Waals surface area contributed by atoms with Crippen molar-refractivity contribution in [2.45, 2.75) is 0 Å². The Morgan fingerprint density at radius 3 is 1.21 bits per heavy atom. The molecule has 2 nitrogen and oxygen atoms in total. The van der Waals surface area contributed by atoms with Crippen molar-refractivity contribution >= 4 is 88.3 Å². The number of nitrogens with zero attached hydrogens (tertiary/aromatic N) is 2. The van der Waals surface area contributed by atoms with E-state index in [4.69, 9.17) is 0 Å². The van der Waals surface area contributed by atoms with Gasteiger partial charge in [-0.25, -0.2) is 0 Å². The van der Waals surface area contributed by atoms with E-state index in [0.717, 1.165) is 0 Å². The summed E-state index contributed by atoms with van der Waals surface area (Å²) < 4.78 is 4.97. The highest BCUT2D eigenvalue weighted by molar-refractivity contribution is 7.01. The molecule has 3 heteroatoms. The fourth-order valence-corrected chi connectivity index (χ4v) is 10.3. The lowest BCUT2D eigenvalue weighted by molar-refractivity contribution is 1.19. The van der Waals surface area contributed by atoms with Crippen LogP contribution >= 0.6 is 0 Å². The standard InChI is InChI=1S/C50H29BN2/c1-3-14-30(15-4-1)52-44-26-9-7-18-32(44)40-28-42-46-34(20-11-24-38(46)49(40)52)36-22-13-23-37-35-21-12-25-39-47(35)43(51(42)48(36)37)29-41-33-19-8-10-27-45(33)53(50(39)41)31-16-5-2-6-17-31/h1-29H. The van der Waals surface area contributed by atoms with Crippen LogP contribution in [0.15, 0.2) is 176 Å². The minimum Gasteiger partial charge on any atom is -0.309 e. The molecule has 0 saturated carbocycles. The number of rotatable bonds is 2. The van der Waals surface area contributed by atoms with Crippen LogP contribution in [0.3, 0.4) is 0 Å². The first-order valence-electron chi connectivity index (χ1n) is 18.6. The Balaban J connectivity index is 1.23. The molecule has 0 saturated heterocycles. The number of aromatic nitrogens is 2. The minimum atomic E-state index is 0.0856. The lowest BCUT2D eigenvalue weighted by Crippen LogP contribution is -2.57. The predicted molar refractivity (Wildman–Crippen MR) is 226 cm³/mol. The van der Waals surface area contributed by atoms with Gasteiger partial charge in [0.25, 0.3) is 0 Å². The molecule has 0 aliphatic carbocycles. The summed E-state index contributed by atoms with van der Waals surface area (Å²) >= 11 is 0. The molecule has 0 spiro atoms. The zero-order valence-electron chi connectivity index (χ0n) is 28.7. The topological polar surface area (TPSA) is 9.86 Å². The van der Waals surface area contributed by atoms with E-state index in [1.807, 2.05) is 0 Å². The van der Waals surface area contributed by atoms with Gasteiger partial charge in [0.1, 0.15) is 0 Å². The SMILES string of the molecule is c1ccc(-n2c3ccccc3c3cc4c5c(cccc5c32)-c2cccc3c2B4c2cc4c5ccccc5n(-c5ccccc5)c4c4cccc-3c24)cc1. The Labute approximate surface area is 305 Å². The molecule has 0 N–H and O–H groups in total. The van der Waals surface area contributed by atoms with E-state index in [-0.39, 0.29) is 6.71 Å². The Morgan fingerprint density at radius 2 is 0.717 bits per heavy atom. The largest absolute Gasteiger partial charge is 0.309 e. The van der Waals surface area contributed by atoms with Crippen molar-refractivity contribution in [2.75, 3.05) is 0 Å². The van der Waals surface area contributed by atoms with Crippen molar-refractivity contribution < 1.29 is 0 Å². The molecule has 0 radical (unpaired) electrons. The van der Waals surface area contributed by atoms with Crippen molar-refractivity contribution in [3.05, 3.63) is 176 Å². The van der Waals surface area contributed by atoms with Gasteiger partial charge < -0.3 is 9.13 Å². The quantitative estimate of drug-likeness (QED) is 0.162. The molecule has 0 atom stereocenters.